The van der Waals surface area contributed by atoms with Crippen LogP contribution in [0.5, 0.6) is 0 Å². The van der Waals surface area contributed by atoms with Gasteiger partial charge < -0.3 is 9.30 Å². The summed E-state index contributed by atoms with van der Waals surface area (Å²) >= 11 is 12.6. The summed E-state index contributed by atoms with van der Waals surface area (Å²) in [5.41, 5.74) is 3.95. The lowest BCUT2D eigenvalue weighted by molar-refractivity contribution is -0.139. The van der Waals surface area contributed by atoms with Gasteiger partial charge in [0.05, 0.1) is 29.1 Å². The van der Waals surface area contributed by atoms with Crippen LogP contribution >= 0.6 is 23.2 Å². The van der Waals surface area contributed by atoms with Crippen molar-refractivity contribution in [3.63, 3.8) is 0 Å². The zero-order valence-electron chi connectivity index (χ0n) is 26.1. The molecule has 0 amide bonds. The molecule has 14 heteroatoms. The molecule has 8 nitrogen and oxygen atoms in total. The molecule has 0 bridgehead atoms. The van der Waals surface area contributed by atoms with Crippen LogP contribution in [0.25, 0.3) is 34.5 Å². The van der Waals surface area contributed by atoms with Crippen molar-refractivity contribution >= 4 is 57.2 Å². The maximum atomic E-state index is 13.2. The normalized spacial score (nSPS) is 12.0. The Kier molecular flexibility index (Phi) is 10.5. The number of esters is 1. The van der Waals surface area contributed by atoms with Gasteiger partial charge in [0, 0.05) is 23.3 Å². The highest BCUT2D eigenvalue weighted by molar-refractivity contribution is 7.90. The highest BCUT2D eigenvalue weighted by Crippen LogP contribution is 2.33. The molecule has 0 aliphatic carbocycles. The number of anilines is 1. The molecular weight excluding hydrogens is 700 g/mol. The van der Waals surface area contributed by atoms with Crippen molar-refractivity contribution in [3.05, 3.63) is 129 Å². The minimum Gasteiger partial charge on any atom is -0.468 e. The number of carbonyl (C=O) groups excluding carboxylic acids is 1. The smallest absolute Gasteiger partial charge is 0.416 e. The van der Waals surface area contributed by atoms with Gasteiger partial charge in [-0.1, -0.05) is 77.8 Å². The van der Waals surface area contributed by atoms with Crippen LogP contribution in [0.4, 0.5) is 18.9 Å². The van der Waals surface area contributed by atoms with Crippen LogP contribution in [-0.4, -0.2) is 37.6 Å². The third kappa shape index (κ3) is 8.70. The number of hydrogen-bond acceptors (Lipinski definition) is 5. The molecule has 0 spiro atoms. The van der Waals surface area contributed by atoms with Gasteiger partial charge in [0.15, 0.2) is 0 Å². The Morgan fingerprint density at radius 3 is 2.35 bits per heavy atom. The molecule has 5 rings (SSSR count). The lowest BCUT2D eigenvalue weighted by atomic mass is 10.0. The van der Waals surface area contributed by atoms with Crippen LogP contribution in [0.1, 0.15) is 28.1 Å². The number of benzene rings is 4. The van der Waals surface area contributed by atoms with E-state index in [1.54, 1.807) is 79.7 Å². The number of aromatic nitrogens is 2. The van der Waals surface area contributed by atoms with E-state index < -0.39 is 34.5 Å². The van der Waals surface area contributed by atoms with Gasteiger partial charge in [-0.3, -0.25) is 4.79 Å². The first-order chi connectivity index (χ1) is 23.1. The zero-order chi connectivity index (χ0) is 35.5. The Hall–Kier alpha value is -4.62. The molecule has 1 aromatic heterocycles. The van der Waals surface area contributed by atoms with Crippen LogP contribution in [-0.2, 0) is 32.5 Å². The monoisotopic (exact) mass is 728 g/mol. The summed E-state index contributed by atoms with van der Waals surface area (Å²) in [6, 6.07) is 22.4. The van der Waals surface area contributed by atoms with E-state index in [9.17, 15) is 26.4 Å². The third-order valence-electron chi connectivity index (χ3n) is 7.56. The lowest BCUT2D eigenvalue weighted by Gasteiger charge is -2.23. The molecule has 49 heavy (non-hydrogen) atoms. The Balaban J connectivity index is 1.46. The first-order valence-corrected chi connectivity index (χ1v) is 16.8. The van der Waals surface area contributed by atoms with Gasteiger partial charge >= 0.3 is 12.1 Å². The molecule has 0 radical (unpaired) electrons. The summed E-state index contributed by atoms with van der Waals surface area (Å²) in [6.45, 7) is 1.43. The quantitative estimate of drug-likeness (QED) is 0.146. The summed E-state index contributed by atoms with van der Waals surface area (Å²) in [6.07, 6.45) is 1.01. The van der Waals surface area contributed by atoms with Crippen LogP contribution in [0.2, 0.25) is 10.0 Å². The van der Waals surface area contributed by atoms with Crippen molar-refractivity contribution in [1.82, 2.24) is 9.55 Å². The van der Waals surface area contributed by atoms with Gasteiger partial charge in [-0.05, 0) is 77.2 Å². The van der Waals surface area contributed by atoms with Gasteiger partial charge in [-0.2, -0.15) is 21.6 Å². The van der Waals surface area contributed by atoms with Crippen LogP contribution in [0, 0.1) is 6.92 Å². The number of halogens is 5. The second-order valence-corrected chi connectivity index (χ2v) is 13.3. The van der Waals surface area contributed by atoms with E-state index >= 15 is 0 Å². The van der Waals surface area contributed by atoms with E-state index in [-0.39, 0.29) is 5.69 Å². The zero-order valence-corrected chi connectivity index (χ0v) is 28.4. The van der Waals surface area contributed by atoms with Gasteiger partial charge in [0.1, 0.15) is 12.4 Å². The fraction of sp³-hybridized carbons (Fsp3) is 0.143. The summed E-state index contributed by atoms with van der Waals surface area (Å²) in [5, 5.41) is 6.28. The van der Waals surface area contributed by atoms with Crippen LogP contribution in [0.3, 0.4) is 0 Å². The Morgan fingerprint density at radius 1 is 0.980 bits per heavy atom. The first kappa shape index (κ1) is 35.7. The number of imidazole rings is 1. The van der Waals surface area contributed by atoms with Gasteiger partial charge in [-0.25, -0.2) is 14.4 Å². The Labute approximate surface area is 291 Å². The van der Waals surface area contributed by atoms with E-state index in [0.29, 0.717) is 50.4 Å². The number of methoxy groups -OCH3 is 1. The fourth-order valence-electron chi connectivity index (χ4n) is 5.14. The van der Waals surface area contributed by atoms with E-state index in [1.807, 2.05) is 16.8 Å². The summed E-state index contributed by atoms with van der Waals surface area (Å²) in [7, 11) is -3.13. The number of carbonyl (C=O) groups is 1. The highest BCUT2D eigenvalue weighted by atomic mass is 35.5. The summed E-state index contributed by atoms with van der Waals surface area (Å²) in [5.74, 6) is -0.215. The van der Waals surface area contributed by atoms with E-state index in [2.05, 4.69) is 4.74 Å². The number of alkyl halides is 3. The number of rotatable bonds is 10. The molecule has 0 fully saturated rings. The van der Waals surface area contributed by atoms with Crippen molar-refractivity contribution in [3.8, 4) is 22.4 Å². The summed E-state index contributed by atoms with van der Waals surface area (Å²) in [4.78, 5) is 16.7. The molecule has 0 saturated carbocycles. The SMILES string of the molecule is COC(=O)CN(c1ccc(Cn2cc(-c3ccc(Cl)cc3Cl)nc2/C=C/c2ccc(-c3cccc(C(F)(F)F)c3)cc2)cc1C)S(N)(=O)=O. The van der Waals surface area contributed by atoms with Gasteiger partial charge in [-0.15, -0.1) is 0 Å². The highest BCUT2D eigenvalue weighted by Gasteiger charge is 2.30. The van der Waals surface area contributed by atoms with E-state index in [4.69, 9.17) is 33.3 Å². The Morgan fingerprint density at radius 2 is 1.71 bits per heavy atom. The topological polar surface area (TPSA) is 108 Å². The largest absolute Gasteiger partial charge is 0.468 e. The molecule has 1 heterocycles. The molecule has 0 unspecified atom stereocenters. The van der Waals surface area contributed by atoms with Crippen LogP contribution in [0.15, 0.2) is 91.1 Å². The molecule has 0 aliphatic rings. The van der Waals surface area contributed by atoms with Gasteiger partial charge in [0.2, 0.25) is 0 Å². The number of nitrogens with zero attached hydrogens (tertiary/aromatic N) is 3. The summed E-state index contributed by atoms with van der Waals surface area (Å²) < 4.78 is 71.5. The minimum atomic E-state index is -4.44. The second-order valence-electron chi connectivity index (χ2n) is 11.0. The standard InChI is InChI=1S/C35H29Cl2F3N4O4S/c1-22-16-24(8-14-32(22)44(49(41,46)47)21-34(45)48-2)19-43-20-31(29-13-12-28(36)18-30(29)37)42-33(43)15-9-23-6-10-25(11-7-23)26-4-3-5-27(17-26)35(38,39)40/h3-18,20H,19,21H2,1-2H3,(H2,41,46,47)/b15-9+. The predicted molar refractivity (Wildman–Crippen MR) is 186 cm³/mol. The van der Waals surface area contributed by atoms with Crippen LogP contribution < -0.4 is 9.44 Å². The second kappa shape index (κ2) is 14.5. The number of hydrogen-bond donors (Lipinski definition) is 1. The van der Waals surface area contributed by atoms with E-state index in [1.165, 1.54) is 6.07 Å². The lowest BCUT2D eigenvalue weighted by Crippen LogP contribution is -2.41. The molecule has 0 atom stereocenters. The number of nitrogens with two attached hydrogens (primary N) is 1. The van der Waals surface area contributed by atoms with Crippen molar-refractivity contribution in [2.24, 2.45) is 5.14 Å². The molecular formula is C35H29Cl2F3N4O4S. The number of aryl methyl sites for hydroxylation is 1. The van der Waals surface area contributed by atoms with Crippen molar-refractivity contribution in [1.29, 1.82) is 0 Å². The minimum absolute atomic E-state index is 0.226. The molecule has 5 aromatic rings. The van der Waals surface area contributed by atoms with Crippen molar-refractivity contribution in [2.45, 2.75) is 19.6 Å². The maximum Gasteiger partial charge on any atom is 0.416 e. The van der Waals surface area contributed by atoms with Gasteiger partial charge in [0.25, 0.3) is 10.2 Å². The average molecular weight is 730 g/mol. The molecule has 0 saturated heterocycles. The molecule has 2 N–H and O–H groups in total. The maximum absolute atomic E-state index is 13.2. The molecule has 0 aliphatic heterocycles. The number of ether oxygens (including phenoxy) is 1. The van der Waals surface area contributed by atoms with E-state index in [0.717, 1.165) is 34.7 Å². The molecule has 4 aromatic carbocycles. The first-order valence-electron chi connectivity index (χ1n) is 14.6. The third-order valence-corrected chi connectivity index (χ3v) is 9.05. The average Bonchev–Trinajstić information content (AvgIpc) is 3.44. The Bertz CT molecular complexity index is 2150. The molecule has 254 valence electrons. The fourth-order valence-corrected chi connectivity index (χ4v) is 6.41. The van der Waals surface area contributed by atoms with Crippen molar-refractivity contribution < 1.29 is 31.1 Å². The predicted octanol–water partition coefficient (Wildman–Crippen LogP) is 8.25. The van der Waals surface area contributed by atoms with Crippen molar-refractivity contribution in [2.75, 3.05) is 18.0 Å².